The number of nitrogen functional groups attached to an aromatic ring is 1. The Labute approximate surface area is 93.2 Å². The van der Waals surface area contributed by atoms with Gasteiger partial charge in [-0.15, -0.1) is 0 Å². The van der Waals surface area contributed by atoms with Gasteiger partial charge in [-0.2, -0.15) is 0 Å². The van der Waals surface area contributed by atoms with Crippen LogP contribution >= 0.6 is 0 Å². The lowest BCUT2D eigenvalue weighted by Crippen LogP contribution is -1.91. The van der Waals surface area contributed by atoms with Gasteiger partial charge in [-0.25, -0.2) is 4.98 Å². The fourth-order valence-corrected chi connectivity index (χ4v) is 1.82. The highest BCUT2D eigenvalue weighted by atomic mass is 15.0. The highest BCUT2D eigenvalue weighted by Crippen LogP contribution is 2.20. The van der Waals surface area contributed by atoms with Gasteiger partial charge in [0.15, 0.2) is 0 Å². The number of hydrogen-bond donors (Lipinski definition) is 1. The van der Waals surface area contributed by atoms with Crippen molar-refractivity contribution in [3.63, 3.8) is 0 Å². The Morgan fingerprint density at radius 1 is 1.06 bits per heavy atom. The summed E-state index contributed by atoms with van der Waals surface area (Å²) in [5.74, 6) is 0.940. The summed E-state index contributed by atoms with van der Waals surface area (Å²) in [4.78, 5) is 4.41. The lowest BCUT2D eigenvalue weighted by Gasteiger charge is -2.01. The van der Waals surface area contributed by atoms with Crippen LogP contribution in [-0.2, 0) is 0 Å². The maximum Gasteiger partial charge on any atom is 0.144 e. The van der Waals surface area contributed by atoms with Gasteiger partial charge in [0.1, 0.15) is 5.82 Å². The van der Waals surface area contributed by atoms with Crippen molar-refractivity contribution in [3.05, 3.63) is 54.9 Å². The number of nitrogens with two attached hydrogens (primary N) is 1. The molecule has 0 saturated carbocycles. The SMILES string of the molecule is Nc1ccn2c(-c3ccccc3)ncc2c1. The molecule has 2 heterocycles. The standard InChI is InChI=1S/C13H11N3/c14-11-6-7-16-12(8-11)9-15-13(16)10-4-2-1-3-5-10/h1-9H,14H2. The zero-order chi connectivity index (χ0) is 11.0. The van der Waals surface area contributed by atoms with E-state index in [0.717, 1.165) is 22.6 Å². The number of hydrogen-bond acceptors (Lipinski definition) is 2. The zero-order valence-corrected chi connectivity index (χ0v) is 8.67. The molecule has 0 bridgehead atoms. The summed E-state index contributed by atoms with van der Waals surface area (Å²) in [6.07, 6.45) is 3.78. The predicted molar refractivity (Wildman–Crippen MR) is 65.0 cm³/mol. The molecule has 16 heavy (non-hydrogen) atoms. The van der Waals surface area contributed by atoms with Gasteiger partial charge in [0.2, 0.25) is 0 Å². The summed E-state index contributed by atoms with van der Waals surface area (Å²) in [6, 6.07) is 13.9. The normalized spacial score (nSPS) is 10.8. The molecule has 0 amide bonds. The van der Waals surface area contributed by atoms with Crippen molar-refractivity contribution in [2.75, 3.05) is 5.73 Å². The number of rotatable bonds is 1. The molecule has 2 aromatic heterocycles. The van der Waals surface area contributed by atoms with Crippen LogP contribution in [0.15, 0.2) is 54.9 Å². The Bertz CT molecular complexity index is 626. The van der Waals surface area contributed by atoms with Gasteiger partial charge in [-0.3, -0.25) is 4.40 Å². The van der Waals surface area contributed by atoms with Crippen molar-refractivity contribution in [2.24, 2.45) is 0 Å². The summed E-state index contributed by atoms with van der Waals surface area (Å²) in [7, 11) is 0. The topological polar surface area (TPSA) is 43.3 Å². The average Bonchev–Trinajstić information content (AvgIpc) is 2.73. The quantitative estimate of drug-likeness (QED) is 0.669. The largest absolute Gasteiger partial charge is 0.399 e. The fourth-order valence-electron chi connectivity index (χ4n) is 1.82. The molecule has 0 fully saturated rings. The van der Waals surface area contributed by atoms with Crippen molar-refractivity contribution in [3.8, 4) is 11.4 Å². The first kappa shape index (κ1) is 8.97. The third-order valence-electron chi connectivity index (χ3n) is 2.59. The molecule has 0 aliphatic heterocycles. The Kier molecular flexibility index (Phi) is 1.90. The van der Waals surface area contributed by atoms with E-state index in [-0.39, 0.29) is 0 Å². The van der Waals surface area contributed by atoms with Crippen LogP contribution in [0.4, 0.5) is 5.69 Å². The molecule has 0 saturated heterocycles. The van der Waals surface area contributed by atoms with Crippen molar-refractivity contribution < 1.29 is 0 Å². The number of nitrogens with zero attached hydrogens (tertiary/aromatic N) is 2. The Hall–Kier alpha value is -2.29. The van der Waals surface area contributed by atoms with Crippen molar-refractivity contribution in [1.82, 2.24) is 9.38 Å². The van der Waals surface area contributed by atoms with Crippen LogP contribution in [0.2, 0.25) is 0 Å². The summed E-state index contributed by atoms with van der Waals surface area (Å²) in [5, 5.41) is 0. The molecular weight excluding hydrogens is 198 g/mol. The number of pyridine rings is 1. The van der Waals surface area contributed by atoms with E-state index in [1.807, 2.05) is 59.3 Å². The lowest BCUT2D eigenvalue weighted by molar-refractivity contribution is 1.16. The zero-order valence-electron chi connectivity index (χ0n) is 8.67. The molecule has 0 aliphatic carbocycles. The van der Waals surface area contributed by atoms with Gasteiger partial charge in [0, 0.05) is 17.4 Å². The highest BCUT2D eigenvalue weighted by molar-refractivity contribution is 5.65. The van der Waals surface area contributed by atoms with Crippen LogP contribution in [0, 0.1) is 0 Å². The molecule has 0 radical (unpaired) electrons. The molecular formula is C13H11N3. The molecule has 0 aliphatic rings. The minimum absolute atomic E-state index is 0.756. The first-order chi connectivity index (χ1) is 7.84. The summed E-state index contributed by atoms with van der Waals surface area (Å²) in [6.45, 7) is 0. The molecule has 3 nitrogen and oxygen atoms in total. The smallest absolute Gasteiger partial charge is 0.144 e. The van der Waals surface area contributed by atoms with Crippen LogP contribution in [0.25, 0.3) is 16.9 Å². The second kappa shape index (κ2) is 3.38. The lowest BCUT2D eigenvalue weighted by atomic mass is 10.2. The van der Waals surface area contributed by atoms with E-state index in [1.54, 1.807) is 0 Å². The van der Waals surface area contributed by atoms with Crippen LogP contribution in [-0.4, -0.2) is 9.38 Å². The summed E-state index contributed by atoms with van der Waals surface area (Å²) < 4.78 is 2.03. The van der Waals surface area contributed by atoms with Crippen molar-refractivity contribution >= 4 is 11.2 Å². The van der Waals surface area contributed by atoms with E-state index >= 15 is 0 Å². The van der Waals surface area contributed by atoms with Gasteiger partial charge in [0.05, 0.1) is 11.7 Å². The fraction of sp³-hybridized carbons (Fsp3) is 0. The molecule has 3 aromatic rings. The minimum Gasteiger partial charge on any atom is -0.399 e. The van der Waals surface area contributed by atoms with Crippen LogP contribution < -0.4 is 5.73 Å². The maximum atomic E-state index is 5.73. The number of imidazole rings is 1. The van der Waals surface area contributed by atoms with Gasteiger partial charge in [-0.1, -0.05) is 30.3 Å². The van der Waals surface area contributed by atoms with E-state index in [1.165, 1.54) is 0 Å². The molecule has 3 rings (SSSR count). The van der Waals surface area contributed by atoms with Crippen molar-refractivity contribution in [2.45, 2.75) is 0 Å². The Balaban J connectivity index is 2.26. The van der Waals surface area contributed by atoms with Crippen LogP contribution in [0.1, 0.15) is 0 Å². The molecule has 0 unspecified atom stereocenters. The van der Waals surface area contributed by atoms with Gasteiger partial charge in [0.25, 0.3) is 0 Å². The first-order valence-corrected chi connectivity index (χ1v) is 5.12. The van der Waals surface area contributed by atoms with Crippen LogP contribution in [0.5, 0.6) is 0 Å². The van der Waals surface area contributed by atoms with E-state index in [9.17, 15) is 0 Å². The predicted octanol–water partition coefficient (Wildman–Crippen LogP) is 2.58. The third-order valence-corrected chi connectivity index (χ3v) is 2.59. The minimum atomic E-state index is 0.756. The molecule has 2 N–H and O–H groups in total. The van der Waals surface area contributed by atoms with Crippen LogP contribution in [0.3, 0.4) is 0 Å². The monoisotopic (exact) mass is 209 g/mol. The van der Waals surface area contributed by atoms with Gasteiger partial charge < -0.3 is 5.73 Å². The van der Waals surface area contributed by atoms with E-state index in [2.05, 4.69) is 4.98 Å². The number of anilines is 1. The van der Waals surface area contributed by atoms with E-state index in [0.29, 0.717) is 0 Å². The average molecular weight is 209 g/mol. The molecule has 0 spiro atoms. The van der Waals surface area contributed by atoms with Crippen molar-refractivity contribution in [1.29, 1.82) is 0 Å². The Morgan fingerprint density at radius 2 is 1.88 bits per heavy atom. The van der Waals surface area contributed by atoms with E-state index < -0.39 is 0 Å². The summed E-state index contributed by atoms with van der Waals surface area (Å²) >= 11 is 0. The number of aromatic nitrogens is 2. The van der Waals surface area contributed by atoms with Gasteiger partial charge >= 0.3 is 0 Å². The second-order valence-corrected chi connectivity index (χ2v) is 3.70. The Morgan fingerprint density at radius 3 is 2.69 bits per heavy atom. The molecule has 0 atom stereocenters. The summed E-state index contributed by atoms with van der Waals surface area (Å²) in [5.41, 5.74) is 8.60. The maximum absolute atomic E-state index is 5.73. The molecule has 78 valence electrons. The second-order valence-electron chi connectivity index (χ2n) is 3.70. The third kappa shape index (κ3) is 1.34. The van der Waals surface area contributed by atoms with E-state index in [4.69, 9.17) is 5.73 Å². The molecule has 1 aromatic carbocycles. The van der Waals surface area contributed by atoms with Gasteiger partial charge in [-0.05, 0) is 12.1 Å². The molecule has 3 heteroatoms. The highest BCUT2D eigenvalue weighted by Gasteiger charge is 2.04. The number of benzene rings is 1. The number of fused-ring (bicyclic) bond motifs is 1. The first-order valence-electron chi connectivity index (χ1n) is 5.12.